The summed E-state index contributed by atoms with van der Waals surface area (Å²) in [6.45, 7) is 3.23. The van der Waals surface area contributed by atoms with Crippen LogP contribution < -0.4 is 15.0 Å². The van der Waals surface area contributed by atoms with Gasteiger partial charge in [-0.25, -0.2) is 0 Å². The molecule has 1 atom stereocenters. The fraction of sp³-hybridized carbons (Fsp3) is 0.333. The summed E-state index contributed by atoms with van der Waals surface area (Å²) in [5, 5.41) is 3.93. The van der Waals surface area contributed by atoms with Crippen LogP contribution in [0.4, 0.5) is 5.69 Å². The Balaban J connectivity index is 1.71. The number of fused-ring (bicyclic) bond motifs is 1. The molecule has 2 heterocycles. The molecule has 1 aromatic heterocycles. The van der Waals surface area contributed by atoms with Crippen LogP contribution in [0.15, 0.2) is 48.5 Å². The van der Waals surface area contributed by atoms with Crippen LogP contribution >= 0.6 is 0 Å². The molecule has 0 spiro atoms. The average Bonchev–Trinajstić information content (AvgIpc) is 3.32. The molecule has 1 N–H and O–H groups in total. The quantitative estimate of drug-likeness (QED) is 0.678. The van der Waals surface area contributed by atoms with Crippen molar-refractivity contribution in [1.82, 2.24) is 9.88 Å². The maximum absolute atomic E-state index is 13.3. The summed E-state index contributed by atoms with van der Waals surface area (Å²) >= 11 is 0. The number of aryl methyl sites for hydroxylation is 1. The van der Waals surface area contributed by atoms with Gasteiger partial charge in [-0.2, -0.15) is 0 Å². The minimum absolute atomic E-state index is 0.0528. The highest BCUT2D eigenvalue weighted by molar-refractivity contribution is 6.14. The van der Waals surface area contributed by atoms with Crippen LogP contribution in [0.25, 0.3) is 10.9 Å². The highest BCUT2D eigenvalue weighted by Crippen LogP contribution is 2.37. The van der Waals surface area contributed by atoms with Crippen molar-refractivity contribution in [2.45, 2.75) is 25.7 Å². The van der Waals surface area contributed by atoms with Gasteiger partial charge in [-0.05, 0) is 36.1 Å². The molecule has 3 aromatic rings. The van der Waals surface area contributed by atoms with Crippen LogP contribution in [-0.2, 0) is 11.8 Å². The van der Waals surface area contributed by atoms with Crippen LogP contribution in [0.3, 0.4) is 0 Å². The van der Waals surface area contributed by atoms with Gasteiger partial charge in [0.25, 0.3) is 5.91 Å². The van der Waals surface area contributed by atoms with E-state index in [0.717, 1.165) is 17.3 Å². The van der Waals surface area contributed by atoms with Crippen LogP contribution in [0.1, 0.15) is 41.7 Å². The van der Waals surface area contributed by atoms with E-state index >= 15 is 0 Å². The van der Waals surface area contributed by atoms with Gasteiger partial charge in [-0.1, -0.05) is 37.3 Å². The second-order valence-corrected chi connectivity index (χ2v) is 7.81. The lowest BCUT2D eigenvalue weighted by Crippen LogP contribution is -2.32. The molecule has 0 saturated carbocycles. The smallest absolute Gasteiger partial charge is 0.270 e. The number of nitrogens with zero attached hydrogens (tertiary/aromatic N) is 2. The fourth-order valence-corrected chi connectivity index (χ4v) is 4.18. The summed E-state index contributed by atoms with van der Waals surface area (Å²) in [4.78, 5) is 27.6. The summed E-state index contributed by atoms with van der Waals surface area (Å²) in [7, 11) is 3.48. The van der Waals surface area contributed by atoms with Gasteiger partial charge in [-0.3, -0.25) is 9.59 Å². The van der Waals surface area contributed by atoms with Crippen LogP contribution in [-0.4, -0.2) is 36.6 Å². The van der Waals surface area contributed by atoms with Gasteiger partial charge >= 0.3 is 0 Å². The first-order valence-corrected chi connectivity index (χ1v) is 10.3. The molecule has 2 aromatic carbocycles. The maximum atomic E-state index is 13.3. The summed E-state index contributed by atoms with van der Waals surface area (Å²) in [6.07, 6.45) is 1.30. The van der Waals surface area contributed by atoms with E-state index in [1.807, 2.05) is 48.0 Å². The molecule has 6 nitrogen and oxygen atoms in total. The number of carbonyl (C=O) groups is 2. The van der Waals surface area contributed by atoms with Gasteiger partial charge in [0.1, 0.15) is 11.4 Å². The minimum atomic E-state index is -0.176. The van der Waals surface area contributed by atoms with Crippen LogP contribution in [0.5, 0.6) is 5.75 Å². The molecule has 2 amide bonds. The van der Waals surface area contributed by atoms with Gasteiger partial charge in [0.2, 0.25) is 5.91 Å². The van der Waals surface area contributed by atoms with E-state index in [0.29, 0.717) is 36.6 Å². The molecule has 0 bridgehead atoms. The number of ether oxygens (including phenoxy) is 1. The molecule has 0 unspecified atom stereocenters. The number of carbonyl (C=O) groups excluding carboxylic acids is 2. The number of amides is 2. The molecule has 0 aliphatic carbocycles. The van der Waals surface area contributed by atoms with E-state index in [4.69, 9.17) is 4.74 Å². The third-order valence-electron chi connectivity index (χ3n) is 5.88. The van der Waals surface area contributed by atoms with Gasteiger partial charge < -0.3 is 19.5 Å². The lowest BCUT2D eigenvalue weighted by Gasteiger charge is -2.19. The van der Waals surface area contributed by atoms with Gasteiger partial charge in [0.15, 0.2) is 0 Å². The number of aromatic nitrogens is 1. The number of anilines is 1. The zero-order valence-corrected chi connectivity index (χ0v) is 17.6. The van der Waals surface area contributed by atoms with E-state index in [1.54, 1.807) is 12.0 Å². The summed E-state index contributed by atoms with van der Waals surface area (Å²) in [6, 6.07) is 15.8. The average molecular weight is 405 g/mol. The zero-order chi connectivity index (χ0) is 21.3. The lowest BCUT2D eigenvalue weighted by molar-refractivity contribution is -0.117. The third-order valence-corrected chi connectivity index (χ3v) is 5.88. The van der Waals surface area contributed by atoms with E-state index in [-0.39, 0.29) is 17.7 Å². The Bertz CT molecular complexity index is 1090. The van der Waals surface area contributed by atoms with Crippen molar-refractivity contribution in [1.29, 1.82) is 0 Å². The molecular formula is C24H27N3O3. The number of benzene rings is 2. The molecule has 1 aliphatic heterocycles. The largest absolute Gasteiger partial charge is 0.497 e. The second-order valence-electron chi connectivity index (χ2n) is 7.81. The summed E-state index contributed by atoms with van der Waals surface area (Å²) in [5.41, 5.74) is 3.26. The van der Waals surface area contributed by atoms with Crippen molar-refractivity contribution >= 4 is 28.4 Å². The highest BCUT2D eigenvalue weighted by atomic mass is 16.5. The number of rotatable bonds is 6. The lowest BCUT2D eigenvalue weighted by atomic mass is 10.0. The van der Waals surface area contributed by atoms with Crippen molar-refractivity contribution in [3.63, 3.8) is 0 Å². The minimum Gasteiger partial charge on any atom is -0.497 e. The van der Waals surface area contributed by atoms with Crippen LogP contribution in [0.2, 0.25) is 0 Å². The molecule has 4 rings (SSSR count). The second kappa shape index (κ2) is 8.22. The third kappa shape index (κ3) is 3.54. The molecule has 6 heteroatoms. The summed E-state index contributed by atoms with van der Waals surface area (Å²) in [5.74, 6) is 0.759. The molecule has 0 radical (unpaired) electrons. The van der Waals surface area contributed by atoms with E-state index in [9.17, 15) is 9.59 Å². The number of hydrogen-bond acceptors (Lipinski definition) is 3. The van der Waals surface area contributed by atoms with Crippen molar-refractivity contribution < 1.29 is 14.3 Å². The molecule has 1 fully saturated rings. The molecule has 30 heavy (non-hydrogen) atoms. The Hall–Kier alpha value is -3.28. The first-order valence-electron chi connectivity index (χ1n) is 10.3. The SMILES string of the molecule is COc1ccc2c(c1)c(N1CCCC1=O)c(C(=O)NC[C@H](C)c1ccccc1)n2C. The predicted octanol–water partition coefficient (Wildman–Crippen LogP) is 3.85. The van der Waals surface area contributed by atoms with Crippen molar-refractivity contribution in [3.05, 3.63) is 59.8 Å². The predicted molar refractivity (Wildman–Crippen MR) is 118 cm³/mol. The number of hydrogen-bond donors (Lipinski definition) is 1. The Morgan fingerprint density at radius 3 is 2.63 bits per heavy atom. The Labute approximate surface area is 176 Å². The zero-order valence-electron chi connectivity index (χ0n) is 17.6. The van der Waals surface area contributed by atoms with Gasteiger partial charge in [0, 0.05) is 31.9 Å². The fourth-order valence-electron chi connectivity index (χ4n) is 4.18. The number of methoxy groups -OCH3 is 1. The summed E-state index contributed by atoms with van der Waals surface area (Å²) < 4.78 is 7.26. The van der Waals surface area contributed by atoms with Crippen molar-refractivity contribution in [2.75, 3.05) is 25.1 Å². The Morgan fingerprint density at radius 1 is 1.20 bits per heavy atom. The maximum Gasteiger partial charge on any atom is 0.270 e. The molecule has 1 aliphatic rings. The topological polar surface area (TPSA) is 63.6 Å². The Kier molecular flexibility index (Phi) is 5.48. The van der Waals surface area contributed by atoms with Gasteiger partial charge in [0.05, 0.1) is 18.3 Å². The standard InChI is InChI=1S/C24H27N3O3/c1-16(17-8-5-4-6-9-17)15-25-24(29)23-22(27-13-7-10-21(27)28)19-14-18(30-3)11-12-20(19)26(23)2/h4-6,8-9,11-12,14,16H,7,10,13,15H2,1-3H3,(H,25,29)/t16-/m0/s1. The molecular weight excluding hydrogens is 378 g/mol. The molecule has 156 valence electrons. The van der Waals surface area contributed by atoms with Crippen LogP contribution in [0, 0.1) is 0 Å². The first-order chi connectivity index (χ1) is 14.5. The molecule has 1 saturated heterocycles. The Morgan fingerprint density at radius 2 is 1.97 bits per heavy atom. The highest BCUT2D eigenvalue weighted by Gasteiger charge is 2.31. The van der Waals surface area contributed by atoms with Crippen molar-refractivity contribution in [3.8, 4) is 5.75 Å². The van der Waals surface area contributed by atoms with E-state index in [2.05, 4.69) is 24.4 Å². The van der Waals surface area contributed by atoms with Crippen molar-refractivity contribution in [2.24, 2.45) is 7.05 Å². The first kappa shape index (κ1) is 20.0. The van der Waals surface area contributed by atoms with Gasteiger partial charge in [-0.15, -0.1) is 0 Å². The number of nitrogens with one attached hydrogen (secondary N) is 1. The van der Waals surface area contributed by atoms with E-state index in [1.165, 1.54) is 5.56 Å². The monoisotopic (exact) mass is 405 g/mol. The van der Waals surface area contributed by atoms with E-state index < -0.39 is 0 Å². The normalized spacial score (nSPS) is 14.9.